The van der Waals surface area contributed by atoms with Crippen molar-refractivity contribution in [3.63, 3.8) is 0 Å². The molecule has 1 aliphatic heterocycles. The van der Waals surface area contributed by atoms with Crippen molar-refractivity contribution in [3.05, 3.63) is 84.0 Å². The molecule has 1 fully saturated rings. The summed E-state index contributed by atoms with van der Waals surface area (Å²) in [6, 6.07) is 13.4. The topological polar surface area (TPSA) is 117 Å². The summed E-state index contributed by atoms with van der Waals surface area (Å²) < 4.78 is 41.0. The molecule has 2 aromatic rings. The highest BCUT2D eigenvalue weighted by Gasteiger charge is 2.55. The number of aryl methyl sites for hydroxylation is 1. The molecule has 1 unspecified atom stereocenters. The zero-order valence-electron chi connectivity index (χ0n) is 26.4. The van der Waals surface area contributed by atoms with Gasteiger partial charge in [0, 0.05) is 25.0 Å². The van der Waals surface area contributed by atoms with Gasteiger partial charge in [-0.25, -0.2) is 13.2 Å². The zero-order chi connectivity index (χ0) is 32.3. The Kier molecular flexibility index (Phi) is 10.3. The Morgan fingerprint density at radius 3 is 2.39 bits per heavy atom. The van der Waals surface area contributed by atoms with Crippen LogP contribution >= 0.6 is 0 Å². The normalized spacial score (nSPS) is 23.9. The van der Waals surface area contributed by atoms with E-state index in [9.17, 15) is 23.4 Å². The van der Waals surface area contributed by atoms with E-state index in [1.807, 2.05) is 31.2 Å². The molecule has 10 heteroatoms. The van der Waals surface area contributed by atoms with Crippen LogP contribution in [0.3, 0.4) is 0 Å². The molecule has 1 amide bonds. The van der Waals surface area contributed by atoms with Crippen LogP contribution in [-0.4, -0.2) is 78.5 Å². The molecule has 240 valence electrons. The number of rotatable bonds is 11. The number of methoxy groups -OCH3 is 1. The smallest absolute Gasteiger partial charge is 0.410 e. The summed E-state index contributed by atoms with van der Waals surface area (Å²) in [6.45, 7) is 11.4. The van der Waals surface area contributed by atoms with Gasteiger partial charge in [-0.3, -0.25) is 0 Å². The summed E-state index contributed by atoms with van der Waals surface area (Å²) in [6.07, 6.45) is 3.15. The monoisotopic (exact) mass is 626 g/mol. The standard InChI is InChI=1S/C34H46N2O7S/c1-7-8-17-34(22-35(32(39)43-33(3,4)5)20-25-11-13-27(42-6)14-12-25)23-36(30-19-29(34)26(21-37)18-31(30)38)44(40,41)28-15-9-24(2)10-16-28/h7,9-16,18,29-31,37-38H,1,8,17,19-23H2,2-6H3/t29-,30+,31+,34?/m1/s1. The van der Waals surface area contributed by atoms with Gasteiger partial charge in [0.2, 0.25) is 10.0 Å². The number of nitrogens with zero attached hydrogens (tertiary/aromatic N) is 2. The highest BCUT2D eigenvalue weighted by molar-refractivity contribution is 7.89. The minimum atomic E-state index is -4.03. The molecule has 0 aromatic heterocycles. The zero-order valence-corrected chi connectivity index (χ0v) is 27.2. The summed E-state index contributed by atoms with van der Waals surface area (Å²) in [5, 5.41) is 21.6. The van der Waals surface area contributed by atoms with Crippen LogP contribution in [0.5, 0.6) is 5.75 Å². The Morgan fingerprint density at radius 1 is 1.16 bits per heavy atom. The van der Waals surface area contributed by atoms with Gasteiger partial charge in [-0.15, -0.1) is 6.58 Å². The largest absolute Gasteiger partial charge is 0.497 e. The number of piperidine rings is 1. The van der Waals surface area contributed by atoms with Gasteiger partial charge < -0.3 is 24.6 Å². The number of benzene rings is 2. The molecule has 9 nitrogen and oxygen atoms in total. The van der Waals surface area contributed by atoms with E-state index in [1.54, 1.807) is 69.2 Å². The number of carbonyl (C=O) groups excluding carboxylic acids is 1. The van der Waals surface area contributed by atoms with E-state index < -0.39 is 39.3 Å². The third-order valence-corrected chi connectivity index (χ3v) is 10.5. The number of ether oxygens (including phenoxy) is 2. The van der Waals surface area contributed by atoms with E-state index in [2.05, 4.69) is 6.58 Å². The van der Waals surface area contributed by atoms with Gasteiger partial charge in [0.15, 0.2) is 0 Å². The van der Waals surface area contributed by atoms with E-state index in [0.717, 1.165) is 11.1 Å². The van der Waals surface area contributed by atoms with Crippen molar-refractivity contribution < 1.29 is 32.9 Å². The Hall–Kier alpha value is -3.18. The van der Waals surface area contributed by atoms with Crippen LogP contribution in [0.15, 0.2) is 77.7 Å². The first-order valence-corrected chi connectivity index (χ1v) is 16.5. The number of amides is 1. The number of aliphatic hydroxyl groups excluding tert-OH is 2. The first-order valence-electron chi connectivity index (χ1n) is 15.0. The van der Waals surface area contributed by atoms with Crippen LogP contribution in [-0.2, 0) is 21.3 Å². The number of aliphatic hydroxyl groups is 2. The van der Waals surface area contributed by atoms with Crippen molar-refractivity contribution in [1.29, 1.82) is 0 Å². The number of hydrogen-bond acceptors (Lipinski definition) is 7. The quantitative estimate of drug-likeness (QED) is 0.335. The van der Waals surface area contributed by atoms with Crippen molar-refractivity contribution in [3.8, 4) is 5.75 Å². The van der Waals surface area contributed by atoms with E-state index in [-0.39, 0.29) is 37.1 Å². The van der Waals surface area contributed by atoms with Crippen molar-refractivity contribution in [1.82, 2.24) is 9.21 Å². The SMILES string of the molecule is C=CCCC1(CN(Cc2ccc(OC)cc2)C(=O)OC(C)(C)C)CN(S(=O)(=O)c2ccc(C)cc2)[C@H]2C[C@@H]1C(CO)=C[C@@H]2O. The van der Waals surface area contributed by atoms with Crippen molar-refractivity contribution >= 4 is 16.1 Å². The van der Waals surface area contributed by atoms with Gasteiger partial charge in [0.05, 0.1) is 30.8 Å². The fraction of sp³-hybridized carbons (Fsp3) is 0.500. The summed E-state index contributed by atoms with van der Waals surface area (Å²) in [4.78, 5) is 15.6. The average Bonchev–Trinajstić information content (AvgIpc) is 2.98. The second kappa shape index (κ2) is 13.4. The maximum atomic E-state index is 14.2. The van der Waals surface area contributed by atoms with E-state index in [4.69, 9.17) is 9.47 Å². The summed E-state index contributed by atoms with van der Waals surface area (Å²) >= 11 is 0. The van der Waals surface area contributed by atoms with Gasteiger partial charge in [0.1, 0.15) is 11.4 Å². The fourth-order valence-corrected chi connectivity index (χ4v) is 8.19. The number of fused-ring (bicyclic) bond motifs is 2. The molecule has 44 heavy (non-hydrogen) atoms. The molecule has 0 saturated carbocycles. The Bertz CT molecular complexity index is 1450. The fourth-order valence-electron chi connectivity index (χ4n) is 6.44. The van der Waals surface area contributed by atoms with Crippen LogP contribution in [0.4, 0.5) is 4.79 Å². The molecule has 2 bridgehead atoms. The number of hydrogen-bond donors (Lipinski definition) is 2. The van der Waals surface area contributed by atoms with Gasteiger partial charge in [-0.1, -0.05) is 42.0 Å². The van der Waals surface area contributed by atoms with E-state index in [1.165, 1.54) is 4.31 Å². The minimum absolute atomic E-state index is 0.0443. The molecule has 2 aliphatic rings. The molecule has 1 aliphatic carbocycles. The molecule has 2 N–H and O–H groups in total. The minimum Gasteiger partial charge on any atom is -0.497 e. The third-order valence-electron chi connectivity index (χ3n) is 8.63. The van der Waals surface area contributed by atoms with E-state index >= 15 is 0 Å². The number of carbonyl (C=O) groups is 1. The molecule has 1 saturated heterocycles. The van der Waals surface area contributed by atoms with Gasteiger partial charge in [-0.2, -0.15) is 4.31 Å². The summed E-state index contributed by atoms with van der Waals surface area (Å²) in [7, 11) is -2.44. The lowest BCUT2D eigenvalue weighted by atomic mass is 9.61. The lowest BCUT2D eigenvalue weighted by Crippen LogP contribution is -2.63. The summed E-state index contributed by atoms with van der Waals surface area (Å²) in [5.74, 6) is 0.403. The predicted octanol–water partition coefficient (Wildman–Crippen LogP) is 5.07. The molecule has 4 rings (SSSR count). The predicted molar refractivity (Wildman–Crippen MR) is 170 cm³/mol. The maximum absolute atomic E-state index is 14.2. The Balaban J connectivity index is 1.83. The average molecular weight is 627 g/mol. The summed E-state index contributed by atoms with van der Waals surface area (Å²) in [5.41, 5.74) is 0.861. The van der Waals surface area contributed by atoms with Crippen molar-refractivity contribution in [2.24, 2.45) is 11.3 Å². The third kappa shape index (κ3) is 7.37. The second-order valence-electron chi connectivity index (χ2n) is 13.0. The van der Waals surface area contributed by atoms with Crippen molar-refractivity contribution in [2.45, 2.75) is 76.1 Å². The highest BCUT2D eigenvalue weighted by Crippen LogP contribution is 2.51. The van der Waals surface area contributed by atoms with E-state index in [0.29, 0.717) is 30.6 Å². The first kappa shape index (κ1) is 33.7. The van der Waals surface area contributed by atoms with Crippen LogP contribution in [0.2, 0.25) is 0 Å². The Morgan fingerprint density at radius 2 is 1.82 bits per heavy atom. The molecule has 0 spiro atoms. The van der Waals surface area contributed by atoms with Gasteiger partial charge >= 0.3 is 6.09 Å². The van der Waals surface area contributed by atoms with Crippen LogP contribution in [0.25, 0.3) is 0 Å². The van der Waals surface area contributed by atoms with Crippen molar-refractivity contribution in [2.75, 3.05) is 26.8 Å². The Labute approximate surface area is 261 Å². The molecular formula is C34H46N2O7S. The van der Waals surface area contributed by atoms with Gasteiger partial charge in [0.25, 0.3) is 0 Å². The second-order valence-corrected chi connectivity index (χ2v) is 14.9. The molecule has 4 atom stereocenters. The molecule has 2 aromatic carbocycles. The highest BCUT2D eigenvalue weighted by atomic mass is 32.2. The van der Waals surface area contributed by atoms with Crippen LogP contribution in [0.1, 0.15) is 51.2 Å². The number of allylic oxidation sites excluding steroid dienone is 1. The lowest BCUT2D eigenvalue weighted by molar-refractivity contribution is -0.0388. The molecule has 0 radical (unpaired) electrons. The van der Waals surface area contributed by atoms with Crippen LogP contribution < -0.4 is 4.74 Å². The van der Waals surface area contributed by atoms with Gasteiger partial charge in [-0.05, 0) is 88.3 Å². The number of sulfonamides is 1. The van der Waals surface area contributed by atoms with Crippen LogP contribution in [0, 0.1) is 18.3 Å². The lowest BCUT2D eigenvalue weighted by Gasteiger charge is -2.55. The molecular weight excluding hydrogens is 580 g/mol. The maximum Gasteiger partial charge on any atom is 0.410 e. The molecule has 1 heterocycles. The first-order chi connectivity index (χ1) is 20.7.